The molecule has 0 amide bonds. The largest absolute Gasteiger partial charge is 0.371 e. The molecular weight excluding hydrogens is 436 g/mol. The van der Waals surface area contributed by atoms with Crippen molar-refractivity contribution in [3.8, 4) is 0 Å². The second-order valence-corrected chi connectivity index (χ2v) is 9.47. The van der Waals surface area contributed by atoms with Crippen molar-refractivity contribution in [2.45, 2.75) is 44.7 Å². The van der Waals surface area contributed by atoms with Gasteiger partial charge in [0.2, 0.25) is 5.62 Å². The van der Waals surface area contributed by atoms with Gasteiger partial charge in [0.1, 0.15) is 16.5 Å². The number of benzene rings is 2. The van der Waals surface area contributed by atoms with Crippen LogP contribution in [0.1, 0.15) is 43.4 Å². The van der Waals surface area contributed by atoms with E-state index in [2.05, 4.69) is 41.5 Å². The number of hydrogen-bond donors (Lipinski definition) is 3. The second-order valence-electron chi connectivity index (χ2n) is 9.47. The quantitative estimate of drug-likeness (QED) is 0.498. The first-order valence-electron chi connectivity index (χ1n) is 12.2. The molecule has 2 aromatic carbocycles. The molecule has 2 atom stereocenters. The normalized spacial score (nSPS) is 18.9. The number of hydrogen-bond acceptors (Lipinski definition) is 5. The first-order chi connectivity index (χ1) is 16.9. The highest BCUT2D eigenvalue weighted by atomic mass is 16.1. The van der Waals surface area contributed by atoms with Gasteiger partial charge >= 0.3 is 0 Å². The molecule has 3 aromatic rings. The predicted octanol–water partition coefficient (Wildman–Crippen LogP) is 2.44. The third-order valence-electron chi connectivity index (χ3n) is 7.02. The minimum atomic E-state index is -0.221. The molecule has 2 aliphatic rings. The molecule has 1 saturated carbocycles. The second kappa shape index (κ2) is 9.41. The van der Waals surface area contributed by atoms with E-state index in [-0.39, 0.29) is 23.1 Å². The lowest BCUT2D eigenvalue weighted by Gasteiger charge is -2.17. The predicted molar refractivity (Wildman–Crippen MR) is 139 cm³/mol. The lowest BCUT2D eigenvalue weighted by Crippen LogP contribution is -2.59. The van der Waals surface area contributed by atoms with Gasteiger partial charge in [0.05, 0.1) is 12.1 Å². The van der Waals surface area contributed by atoms with E-state index in [1.54, 1.807) is 11.6 Å². The van der Waals surface area contributed by atoms with Crippen molar-refractivity contribution in [1.82, 2.24) is 14.5 Å². The Bertz CT molecular complexity index is 1500. The van der Waals surface area contributed by atoms with Gasteiger partial charge in [0, 0.05) is 19.3 Å². The molecule has 1 aromatic heterocycles. The van der Waals surface area contributed by atoms with E-state index in [1.807, 2.05) is 41.8 Å². The van der Waals surface area contributed by atoms with Crippen LogP contribution in [0.3, 0.4) is 0 Å². The smallest absolute Gasteiger partial charge is 0.267 e. The first kappa shape index (κ1) is 22.9. The highest BCUT2D eigenvalue weighted by Crippen LogP contribution is 2.32. The van der Waals surface area contributed by atoms with Gasteiger partial charge in [-0.1, -0.05) is 54.6 Å². The van der Waals surface area contributed by atoms with Crippen molar-refractivity contribution in [1.29, 1.82) is 5.41 Å². The maximum absolute atomic E-state index is 13.5. The zero-order valence-corrected chi connectivity index (χ0v) is 20.3. The summed E-state index contributed by atoms with van der Waals surface area (Å²) in [6.07, 6.45) is 3.88. The summed E-state index contributed by atoms with van der Waals surface area (Å²) in [4.78, 5) is 18.3. The summed E-state index contributed by atoms with van der Waals surface area (Å²) >= 11 is 0. The average molecular weight is 469 g/mol. The number of aromatic nitrogens is 2. The molecule has 1 aliphatic heterocycles. The highest BCUT2D eigenvalue weighted by Gasteiger charge is 2.34. The zero-order chi connectivity index (χ0) is 24.5. The number of rotatable bonds is 7. The van der Waals surface area contributed by atoms with Gasteiger partial charge < -0.3 is 10.6 Å². The minimum Gasteiger partial charge on any atom is -0.371 e. The maximum Gasteiger partial charge on any atom is 0.267 e. The van der Waals surface area contributed by atoms with Crippen LogP contribution in [-0.2, 0) is 13.5 Å². The standard InChI is InChI=1S/C28H32N6O/c1-18(2)20-14-12-19(13-15-20)16-17-30-26(31-21-8-5-4-6-9-21)24-25(29)34-23-11-7-10-22(23)32-28(34)33(3)27(24)35/h4-6,8-9,12-15,22-23,29-31H,1,7,10-11,16-17H2,2-3H3/b26-24-,29-25?/t22-,23+/m1/s1. The van der Waals surface area contributed by atoms with Crippen molar-refractivity contribution in [2.24, 2.45) is 12.0 Å². The van der Waals surface area contributed by atoms with Gasteiger partial charge in [-0.05, 0) is 55.9 Å². The van der Waals surface area contributed by atoms with Crippen molar-refractivity contribution in [3.05, 3.63) is 99.0 Å². The molecule has 3 N–H and O–H groups in total. The lowest BCUT2D eigenvalue weighted by molar-refractivity contribution is 0.465. The summed E-state index contributed by atoms with van der Waals surface area (Å²) in [5.74, 6) is 0.553. The Morgan fingerprint density at radius 3 is 2.60 bits per heavy atom. The van der Waals surface area contributed by atoms with Gasteiger partial charge in [-0.3, -0.25) is 19.3 Å². The molecule has 7 nitrogen and oxygen atoms in total. The number of anilines is 1. The van der Waals surface area contributed by atoms with E-state index in [9.17, 15) is 4.79 Å². The van der Waals surface area contributed by atoms with Gasteiger partial charge in [-0.2, -0.15) is 0 Å². The van der Waals surface area contributed by atoms with Crippen LogP contribution < -0.4 is 32.5 Å². The van der Waals surface area contributed by atoms with Gasteiger partial charge in [0.25, 0.3) is 5.56 Å². The summed E-state index contributed by atoms with van der Waals surface area (Å²) in [6.45, 7) is 6.62. The van der Waals surface area contributed by atoms with E-state index in [0.717, 1.165) is 42.5 Å². The van der Waals surface area contributed by atoms with Crippen molar-refractivity contribution in [3.63, 3.8) is 0 Å². The molecule has 2 heterocycles. The Labute approximate surface area is 204 Å². The van der Waals surface area contributed by atoms with Crippen LogP contribution in [-0.4, -0.2) is 21.7 Å². The summed E-state index contributed by atoms with van der Waals surface area (Å²) in [6, 6.07) is 18.5. The molecule has 35 heavy (non-hydrogen) atoms. The van der Waals surface area contributed by atoms with Crippen LogP contribution in [0, 0.1) is 5.41 Å². The average Bonchev–Trinajstić information content (AvgIpc) is 3.45. The number of nitrogens with zero attached hydrogens (tertiary/aromatic N) is 3. The molecular formula is C28H32N6O. The van der Waals surface area contributed by atoms with Crippen molar-refractivity contribution < 1.29 is 0 Å². The van der Waals surface area contributed by atoms with Crippen molar-refractivity contribution in [2.75, 3.05) is 11.9 Å². The number of allylic oxidation sites excluding steroid dienone is 1. The van der Waals surface area contributed by atoms with Crippen LogP contribution in [0.4, 0.5) is 5.69 Å². The summed E-state index contributed by atoms with van der Waals surface area (Å²) < 4.78 is 3.55. The third-order valence-corrected chi connectivity index (χ3v) is 7.02. The van der Waals surface area contributed by atoms with E-state index < -0.39 is 0 Å². The fourth-order valence-electron chi connectivity index (χ4n) is 5.10. The lowest BCUT2D eigenvalue weighted by atomic mass is 10.1. The Morgan fingerprint density at radius 1 is 1.14 bits per heavy atom. The zero-order valence-electron chi connectivity index (χ0n) is 20.3. The van der Waals surface area contributed by atoms with Crippen LogP contribution in [0.25, 0.3) is 11.4 Å². The molecule has 1 aliphatic carbocycles. The van der Waals surface area contributed by atoms with Gasteiger partial charge in [0.15, 0.2) is 0 Å². The third kappa shape index (κ3) is 4.34. The van der Waals surface area contributed by atoms with E-state index in [1.165, 1.54) is 5.56 Å². The number of nitrogens with one attached hydrogen (secondary N) is 3. The van der Waals surface area contributed by atoms with E-state index >= 15 is 0 Å². The van der Waals surface area contributed by atoms with Gasteiger partial charge in [-0.25, -0.2) is 4.99 Å². The molecule has 0 radical (unpaired) electrons. The Balaban J connectivity index is 1.54. The van der Waals surface area contributed by atoms with Gasteiger partial charge in [-0.15, -0.1) is 0 Å². The summed E-state index contributed by atoms with van der Waals surface area (Å²) in [7, 11) is 1.75. The van der Waals surface area contributed by atoms with Crippen molar-refractivity contribution >= 4 is 17.1 Å². The first-order valence-corrected chi connectivity index (χ1v) is 12.2. The summed E-state index contributed by atoms with van der Waals surface area (Å²) in [5.41, 5.74) is 4.83. The maximum atomic E-state index is 13.5. The highest BCUT2D eigenvalue weighted by molar-refractivity contribution is 5.63. The van der Waals surface area contributed by atoms with Crippen LogP contribution in [0.5, 0.6) is 0 Å². The van der Waals surface area contributed by atoms with Crippen LogP contribution in [0.15, 0.2) is 71.0 Å². The number of para-hydroxylation sites is 1. The molecule has 7 heteroatoms. The summed E-state index contributed by atoms with van der Waals surface area (Å²) in [5, 5.41) is 16.2. The fourth-order valence-corrected chi connectivity index (χ4v) is 5.10. The molecule has 0 saturated heterocycles. The Morgan fingerprint density at radius 2 is 1.89 bits per heavy atom. The molecule has 5 rings (SSSR count). The molecule has 180 valence electrons. The number of fused-ring (bicyclic) bond motifs is 3. The Kier molecular flexibility index (Phi) is 6.16. The van der Waals surface area contributed by atoms with Crippen LogP contribution >= 0.6 is 0 Å². The fraction of sp³-hybridized carbons (Fsp3) is 0.321. The molecule has 1 fully saturated rings. The Hall–Kier alpha value is -3.87. The SMILES string of the molecule is C=C(C)c1ccc(CCN/C(Nc2ccccc2)=c2/c(=O)n(C)c3n(c2=N)[C@H]2CCC[C@H]2N=3)cc1. The molecule has 0 unspecified atom stereocenters. The van der Waals surface area contributed by atoms with E-state index in [4.69, 9.17) is 10.4 Å². The molecule has 0 spiro atoms. The topological polar surface area (TPSA) is 87.2 Å². The van der Waals surface area contributed by atoms with E-state index in [0.29, 0.717) is 23.2 Å². The van der Waals surface area contributed by atoms with Crippen LogP contribution in [0.2, 0.25) is 0 Å². The molecule has 0 bridgehead atoms. The monoisotopic (exact) mass is 468 g/mol. The minimum absolute atomic E-state index is 0.160.